The summed E-state index contributed by atoms with van der Waals surface area (Å²) in [6.07, 6.45) is -1.75. The smallest absolute Gasteiger partial charge is 0.333 e. The molecule has 0 radical (unpaired) electrons. The number of nitrogens with zero attached hydrogens (tertiary/aromatic N) is 2. The van der Waals surface area contributed by atoms with E-state index in [0.29, 0.717) is 38.7 Å². The summed E-state index contributed by atoms with van der Waals surface area (Å²) in [5, 5.41) is 27.6. The molecule has 0 spiro atoms. The molecular formula is C27H24ClFN4O5. The third-order valence-electron chi connectivity index (χ3n) is 5.71. The SMILES string of the molecule is COc1ccccc1-c1cc(C(=O)NN(Cc2ccc(-c3cc(Cl)ccc3F)cc2)CC(O)C(=O)O)[nH]n1. The van der Waals surface area contributed by atoms with Gasteiger partial charge < -0.3 is 14.9 Å². The molecule has 4 N–H and O–H groups in total. The van der Waals surface area contributed by atoms with Gasteiger partial charge in [-0.05, 0) is 47.5 Å². The summed E-state index contributed by atoms with van der Waals surface area (Å²) in [4.78, 5) is 24.2. The second-order valence-electron chi connectivity index (χ2n) is 8.36. The van der Waals surface area contributed by atoms with Crippen LogP contribution in [0.3, 0.4) is 0 Å². The molecule has 1 unspecified atom stereocenters. The minimum Gasteiger partial charge on any atom is -0.496 e. The van der Waals surface area contributed by atoms with E-state index in [1.807, 2.05) is 12.1 Å². The number of carbonyl (C=O) groups excluding carboxylic acids is 1. The van der Waals surface area contributed by atoms with Crippen molar-refractivity contribution in [3.63, 3.8) is 0 Å². The molecule has 1 aromatic heterocycles. The zero-order valence-electron chi connectivity index (χ0n) is 20.2. The Hall–Kier alpha value is -4.25. The van der Waals surface area contributed by atoms with Crippen molar-refractivity contribution in [2.45, 2.75) is 12.6 Å². The van der Waals surface area contributed by atoms with Gasteiger partial charge in [0.1, 0.15) is 17.3 Å². The first kappa shape index (κ1) is 26.8. The lowest BCUT2D eigenvalue weighted by Gasteiger charge is -2.24. The van der Waals surface area contributed by atoms with E-state index in [0.717, 1.165) is 0 Å². The minimum absolute atomic E-state index is 0.0574. The number of halogens is 2. The number of aromatic nitrogens is 2. The second-order valence-corrected chi connectivity index (χ2v) is 8.80. The highest BCUT2D eigenvalue weighted by atomic mass is 35.5. The van der Waals surface area contributed by atoms with Crippen LogP contribution in [0.4, 0.5) is 4.39 Å². The molecule has 1 atom stereocenters. The topological polar surface area (TPSA) is 128 Å². The number of carboxylic acid groups (broad SMARTS) is 1. The molecule has 0 aliphatic rings. The summed E-state index contributed by atoms with van der Waals surface area (Å²) < 4.78 is 19.6. The van der Waals surface area contributed by atoms with Crippen molar-refractivity contribution in [3.8, 4) is 28.1 Å². The monoisotopic (exact) mass is 538 g/mol. The van der Waals surface area contributed by atoms with E-state index < -0.39 is 23.8 Å². The van der Waals surface area contributed by atoms with Crippen molar-refractivity contribution in [3.05, 3.63) is 94.9 Å². The number of aliphatic hydroxyl groups is 1. The Labute approximate surface area is 222 Å². The van der Waals surface area contributed by atoms with E-state index in [2.05, 4.69) is 15.6 Å². The number of aliphatic carboxylic acids is 1. The van der Waals surface area contributed by atoms with E-state index in [9.17, 15) is 24.2 Å². The lowest BCUT2D eigenvalue weighted by Crippen LogP contribution is -2.47. The van der Waals surface area contributed by atoms with Crippen LogP contribution >= 0.6 is 11.6 Å². The maximum Gasteiger partial charge on any atom is 0.333 e. The van der Waals surface area contributed by atoms with Crippen LogP contribution in [0.1, 0.15) is 16.1 Å². The lowest BCUT2D eigenvalue weighted by molar-refractivity contribution is -0.148. The number of rotatable bonds is 10. The second kappa shape index (κ2) is 11.9. The number of aromatic amines is 1. The fourth-order valence-electron chi connectivity index (χ4n) is 3.80. The van der Waals surface area contributed by atoms with Crippen molar-refractivity contribution in [2.75, 3.05) is 13.7 Å². The molecule has 3 aromatic carbocycles. The number of carboxylic acids is 1. The minimum atomic E-state index is -1.75. The Morgan fingerprint density at radius 3 is 2.55 bits per heavy atom. The number of hydrogen-bond donors (Lipinski definition) is 4. The molecule has 196 valence electrons. The Kier molecular flexibility index (Phi) is 8.37. The van der Waals surface area contributed by atoms with Crippen LogP contribution in [-0.4, -0.2) is 57.1 Å². The Morgan fingerprint density at radius 2 is 1.84 bits per heavy atom. The standard InChI is InChI=1S/C27H24ClFN4O5/c1-38-25-5-3-2-4-19(25)22-13-23(31-30-22)26(35)32-33(15-24(34)27(36)37)14-16-6-8-17(9-7-16)20-12-18(28)10-11-21(20)29/h2-13,24,34H,14-15H2,1H3,(H,30,31)(H,32,35)(H,36,37). The molecule has 1 heterocycles. The number of ether oxygens (including phenoxy) is 1. The van der Waals surface area contributed by atoms with Crippen molar-refractivity contribution in [1.29, 1.82) is 0 Å². The summed E-state index contributed by atoms with van der Waals surface area (Å²) in [6, 6.07) is 19.8. The third-order valence-corrected chi connectivity index (χ3v) is 5.95. The predicted octanol–water partition coefficient (Wildman–Crippen LogP) is 4.14. The number of carbonyl (C=O) groups is 2. The molecule has 0 aliphatic carbocycles. The van der Waals surface area contributed by atoms with Gasteiger partial charge >= 0.3 is 5.97 Å². The van der Waals surface area contributed by atoms with Crippen LogP contribution in [0.5, 0.6) is 5.75 Å². The molecule has 0 fully saturated rings. The number of nitrogens with one attached hydrogen (secondary N) is 2. The number of methoxy groups -OCH3 is 1. The Balaban J connectivity index is 1.52. The Bertz CT molecular complexity index is 1440. The van der Waals surface area contributed by atoms with Gasteiger partial charge in [-0.15, -0.1) is 0 Å². The van der Waals surface area contributed by atoms with Gasteiger partial charge in [0.25, 0.3) is 5.91 Å². The van der Waals surface area contributed by atoms with Gasteiger partial charge in [0.2, 0.25) is 0 Å². The summed E-state index contributed by atoms with van der Waals surface area (Å²) in [6.45, 7) is -0.332. The van der Waals surface area contributed by atoms with E-state index in [4.69, 9.17) is 16.3 Å². The van der Waals surface area contributed by atoms with Gasteiger partial charge in [-0.1, -0.05) is 48.0 Å². The van der Waals surface area contributed by atoms with E-state index >= 15 is 0 Å². The van der Waals surface area contributed by atoms with E-state index in [-0.39, 0.29) is 18.8 Å². The van der Waals surface area contributed by atoms with Gasteiger partial charge in [0, 0.05) is 22.7 Å². The van der Waals surface area contributed by atoms with Crippen molar-refractivity contribution >= 4 is 23.5 Å². The van der Waals surface area contributed by atoms with Gasteiger partial charge in [-0.25, -0.2) is 14.2 Å². The maximum atomic E-state index is 14.2. The predicted molar refractivity (Wildman–Crippen MR) is 139 cm³/mol. The zero-order chi connectivity index (χ0) is 27.2. The molecule has 0 aliphatic heterocycles. The first-order valence-electron chi connectivity index (χ1n) is 11.4. The number of para-hydroxylation sites is 1. The molecule has 0 saturated heterocycles. The molecule has 4 rings (SSSR count). The summed E-state index contributed by atoms with van der Waals surface area (Å²) in [7, 11) is 1.53. The van der Waals surface area contributed by atoms with E-state index in [1.54, 1.807) is 36.4 Å². The van der Waals surface area contributed by atoms with Crippen LogP contribution in [0.15, 0.2) is 72.8 Å². The van der Waals surface area contributed by atoms with Crippen LogP contribution in [0.25, 0.3) is 22.4 Å². The van der Waals surface area contributed by atoms with Gasteiger partial charge in [0.05, 0.1) is 19.3 Å². The highest BCUT2D eigenvalue weighted by Crippen LogP contribution is 2.29. The number of hydrogen-bond acceptors (Lipinski definition) is 6. The van der Waals surface area contributed by atoms with Crippen LogP contribution < -0.4 is 10.2 Å². The van der Waals surface area contributed by atoms with Crippen molar-refractivity contribution in [1.82, 2.24) is 20.6 Å². The van der Waals surface area contributed by atoms with E-state index in [1.165, 1.54) is 36.4 Å². The molecule has 9 nitrogen and oxygen atoms in total. The maximum absolute atomic E-state index is 14.2. The van der Waals surface area contributed by atoms with Gasteiger partial charge in [0.15, 0.2) is 6.10 Å². The number of aliphatic hydroxyl groups excluding tert-OH is 1. The van der Waals surface area contributed by atoms with Crippen LogP contribution in [0.2, 0.25) is 5.02 Å². The molecular weight excluding hydrogens is 515 g/mol. The highest BCUT2D eigenvalue weighted by molar-refractivity contribution is 6.30. The van der Waals surface area contributed by atoms with Crippen LogP contribution in [0, 0.1) is 5.82 Å². The zero-order valence-corrected chi connectivity index (χ0v) is 20.9. The fourth-order valence-corrected chi connectivity index (χ4v) is 3.97. The quantitative estimate of drug-likeness (QED) is 0.223. The molecule has 4 aromatic rings. The van der Waals surface area contributed by atoms with Gasteiger partial charge in [-0.2, -0.15) is 5.10 Å². The number of amides is 1. The molecule has 0 saturated carbocycles. The van der Waals surface area contributed by atoms with Crippen LogP contribution in [-0.2, 0) is 11.3 Å². The summed E-state index contributed by atoms with van der Waals surface area (Å²) >= 11 is 5.99. The van der Waals surface area contributed by atoms with Gasteiger partial charge in [-0.3, -0.25) is 15.3 Å². The highest BCUT2D eigenvalue weighted by Gasteiger charge is 2.22. The number of benzene rings is 3. The molecule has 11 heteroatoms. The number of H-pyrrole nitrogens is 1. The third kappa shape index (κ3) is 6.35. The largest absolute Gasteiger partial charge is 0.496 e. The summed E-state index contributed by atoms with van der Waals surface area (Å²) in [5.74, 6) is -1.86. The summed E-state index contributed by atoms with van der Waals surface area (Å²) in [5.41, 5.74) is 5.50. The average Bonchev–Trinajstić information content (AvgIpc) is 3.41. The molecule has 0 bridgehead atoms. The fraction of sp³-hybridized carbons (Fsp3) is 0.148. The van der Waals surface area contributed by atoms with Crippen molar-refractivity contribution < 1.29 is 28.9 Å². The van der Waals surface area contributed by atoms with Crippen molar-refractivity contribution in [2.24, 2.45) is 0 Å². The first-order chi connectivity index (χ1) is 18.2. The lowest BCUT2D eigenvalue weighted by atomic mass is 10.0. The molecule has 1 amide bonds. The average molecular weight is 539 g/mol. The normalized spacial score (nSPS) is 11.8. The first-order valence-corrected chi connectivity index (χ1v) is 11.8. The Morgan fingerprint density at radius 1 is 1.11 bits per heavy atom. The number of hydrazine groups is 1. The molecule has 38 heavy (non-hydrogen) atoms.